The Morgan fingerprint density at radius 3 is 0.551 bits per heavy atom. The van der Waals surface area contributed by atoms with Crippen LogP contribution < -0.4 is 0 Å². The van der Waals surface area contributed by atoms with Crippen molar-refractivity contribution in [2.24, 2.45) is 0 Å². The van der Waals surface area contributed by atoms with Gasteiger partial charge in [-0.25, -0.2) is 35.1 Å². The number of halogens is 32. The van der Waals surface area contributed by atoms with Gasteiger partial charge >= 0.3 is 83.3 Å². The van der Waals surface area contributed by atoms with E-state index >= 15 is 8.78 Å². The summed E-state index contributed by atoms with van der Waals surface area (Å²) in [4.78, 5) is 0. The molecule has 0 heterocycles. The molecule has 0 rings (SSSR count). The minimum Gasteiger partial charge on any atom is -0.292 e. The second-order valence-corrected chi connectivity index (χ2v) is 8.75. The van der Waals surface area contributed by atoms with E-state index in [1.807, 2.05) is 0 Å². The third-order valence-electron chi connectivity index (χ3n) is 5.74. The standard InChI is InChI=1S/C16H2F32O/c17-1(18)3(21,13(37,38)39)11(35,7(27,28)5(23,24)9(31,32)15(43,44)45)49-12(36,4(22,2(19)20)14(40,41)42)8(29,30)6(25,26)10(33,34)16(46,47)48/h1-2H. The molecule has 0 aromatic rings. The summed E-state index contributed by atoms with van der Waals surface area (Å²) in [6.45, 7) is 0. The summed E-state index contributed by atoms with van der Waals surface area (Å²) in [6.07, 6.45) is -51.1. The number of hydrogen-bond acceptors (Lipinski definition) is 1. The zero-order chi connectivity index (χ0) is 40.9. The van der Waals surface area contributed by atoms with E-state index in [0.717, 1.165) is 0 Å². The highest BCUT2D eigenvalue weighted by Gasteiger charge is 3.00. The molecule has 4 unspecified atom stereocenters. The second kappa shape index (κ2) is 11.6. The third kappa shape index (κ3) is 5.71. The summed E-state index contributed by atoms with van der Waals surface area (Å²) in [5, 5.41) is 0. The quantitative estimate of drug-likeness (QED) is 0.178. The fourth-order valence-electron chi connectivity index (χ4n) is 2.97. The van der Waals surface area contributed by atoms with Crippen molar-refractivity contribution in [3.63, 3.8) is 0 Å². The zero-order valence-corrected chi connectivity index (χ0v) is 20.7. The fourth-order valence-corrected chi connectivity index (χ4v) is 2.97. The van der Waals surface area contributed by atoms with Crippen LogP contribution in [0.1, 0.15) is 0 Å². The Labute approximate surface area is 243 Å². The Bertz CT molecular complexity index is 1080. The molecule has 49 heavy (non-hydrogen) atoms. The van der Waals surface area contributed by atoms with Crippen molar-refractivity contribution in [1.82, 2.24) is 0 Å². The molecular weight excluding hydrogens is 816 g/mol. The van der Waals surface area contributed by atoms with Gasteiger partial charge in [-0.2, -0.15) is 105 Å². The van der Waals surface area contributed by atoms with Crippen LogP contribution in [-0.4, -0.2) is 96.1 Å². The van der Waals surface area contributed by atoms with E-state index in [0.29, 0.717) is 4.74 Å². The third-order valence-corrected chi connectivity index (χ3v) is 5.74. The molecular formula is C16H2F32O. The number of hydrogen-bond donors (Lipinski definition) is 0. The molecule has 0 amide bonds. The molecule has 0 saturated heterocycles. The van der Waals surface area contributed by atoms with Crippen LogP contribution >= 0.6 is 0 Å². The Balaban J connectivity index is 9.26. The summed E-state index contributed by atoms with van der Waals surface area (Å²) in [5.41, 5.74) is -19.3. The highest BCUT2D eigenvalue weighted by molar-refractivity contribution is 5.22. The highest BCUT2D eigenvalue weighted by Crippen LogP contribution is 2.69. The van der Waals surface area contributed by atoms with Crippen molar-refractivity contribution >= 4 is 0 Å². The normalized spacial score (nSPS) is 20.9. The molecule has 0 aliphatic carbocycles. The van der Waals surface area contributed by atoms with Crippen LogP contribution in [0, 0.1) is 0 Å². The monoisotopic (exact) mass is 818 g/mol. The van der Waals surface area contributed by atoms with Gasteiger partial charge in [0.15, 0.2) is 0 Å². The van der Waals surface area contributed by atoms with E-state index in [-0.39, 0.29) is 0 Å². The van der Waals surface area contributed by atoms with Gasteiger partial charge in [-0.15, -0.1) is 0 Å². The molecule has 0 radical (unpaired) electrons. The van der Waals surface area contributed by atoms with Crippen LogP contribution in [-0.2, 0) is 4.74 Å². The maximum atomic E-state index is 15.2. The molecule has 33 heteroatoms. The Hall–Kier alpha value is -2.28. The lowest BCUT2D eigenvalue weighted by Gasteiger charge is -2.52. The molecule has 0 aliphatic rings. The Morgan fingerprint density at radius 1 is 0.245 bits per heavy atom. The number of rotatable bonds is 12. The molecule has 0 N–H and O–H groups in total. The van der Waals surface area contributed by atoms with Gasteiger partial charge in [-0.1, -0.05) is 0 Å². The lowest BCUT2D eigenvalue weighted by molar-refractivity contribution is -0.539. The van der Waals surface area contributed by atoms with E-state index in [4.69, 9.17) is 0 Å². The van der Waals surface area contributed by atoms with E-state index < -0.39 is 96.1 Å². The molecule has 0 fully saturated rings. The predicted molar refractivity (Wildman–Crippen MR) is 82.4 cm³/mol. The lowest BCUT2D eigenvalue weighted by atomic mass is 9.81. The second-order valence-electron chi connectivity index (χ2n) is 8.75. The largest absolute Gasteiger partial charge is 0.460 e. The van der Waals surface area contributed by atoms with Crippen molar-refractivity contribution < 1.29 is 145 Å². The average molecular weight is 818 g/mol. The minimum atomic E-state index is -10.5. The molecule has 0 spiro atoms. The van der Waals surface area contributed by atoms with Gasteiger partial charge in [0.2, 0.25) is 0 Å². The first-order valence-electron chi connectivity index (χ1n) is 10.1. The highest BCUT2D eigenvalue weighted by atomic mass is 19.5. The Morgan fingerprint density at radius 2 is 0.429 bits per heavy atom. The summed E-state index contributed by atoms with van der Waals surface area (Å²) in [6, 6.07) is 0. The summed E-state index contributed by atoms with van der Waals surface area (Å²) < 4.78 is 430. The van der Waals surface area contributed by atoms with Crippen molar-refractivity contribution in [1.29, 1.82) is 0 Å². The van der Waals surface area contributed by atoms with Crippen molar-refractivity contribution in [3.8, 4) is 0 Å². The van der Waals surface area contributed by atoms with Crippen LogP contribution in [0.15, 0.2) is 0 Å². The molecule has 4 atom stereocenters. The van der Waals surface area contributed by atoms with Crippen LogP contribution in [0.5, 0.6) is 0 Å². The van der Waals surface area contributed by atoms with Gasteiger partial charge in [-0.05, 0) is 0 Å². The Kier molecular flexibility index (Phi) is 11.1. The maximum absolute atomic E-state index is 15.2. The summed E-state index contributed by atoms with van der Waals surface area (Å²) in [7, 11) is 0. The molecule has 0 aliphatic heterocycles. The SMILES string of the molecule is FC(F)C(F)(C(F)(F)F)C(F)(OC(F)(C(F)(F)C(F)(F)C(F)(F)C(F)(F)F)C(F)(C(F)F)C(F)(F)F)C(F)(F)C(F)(F)C(F)(F)C(F)(F)F. The first-order chi connectivity index (χ1) is 20.6. The van der Waals surface area contributed by atoms with Gasteiger partial charge in [0.1, 0.15) is 0 Å². The minimum absolute atomic E-state index is 0.505. The molecule has 0 bridgehead atoms. The van der Waals surface area contributed by atoms with Crippen LogP contribution in [0.25, 0.3) is 0 Å². The van der Waals surface area contributed by atoms with Gasteiger partial charge in [0, 0.05) is 0 Å². The van der Waals surface area contributed by atoms with Gasteiger partial charge in [0.25, 0.3) is 12.9 Å². The van der Waals surface area contributed by atoms with E-state index in [9.17, 15) is 132 Å². The molecule has 0 saturated carbocycles. The molecule has 0 aromatic carbocycles. The van der Waals surface area contributed by atoms with Gasteiger partial charge in [-0.3, -0.25) is 4.74 Å². The maximum Gasteiger partial charge on any atom is 0.460 e. The molecule has 0 aromatic heterocycles. The van der Waals surface area contributed by atoms with Crippen LogP contribution in [0.4, 0.5) is 140 Å². The van der Waals surface area contributed by atoms with Crippen LogP contribution in [0.3, 0.4) is 0 Å². The fraction of sp³-hybridized carbons (Fsp3) is 1.00. The van der Waals surface area contributed by atoms with Gasteiger partial charge < -0.3 is 0 Å². The van der Waals surface area contributed by atoms with Crippen molar-refractivity contribution in [2.45, 2.75) is 96.1 Å². The number of alkyl halides is 32. The summed E-state index contributed by atoms with van der Waals surface area (Å²) in [5.74, 6) is -79.9. The predicted octanol–water partition coefficient (Wildman–Crippen LogP) is 10.3. The van der Waals surface area contributed by atoms with Gasteiger partial charge in [0.05, 0.1) is 0 Å². The van der Waals surface area contributed by atoms with Crippen molar-refractivity contribution in [2.75, 3.05) is 0 Å². The van der Waals surface area contributed by atoms with Crippen molar-refractivity contribution in [3.05, 3.63) is 0 Å². The van der Waals surface area contributed by atoms with E-state index in [1.165, 1.54) is 0 Å². The first kappa shape index (κ1) is 46.7. The van der Waals surface area contributed by atoms with Crippen LogP contribution in [0.2, 0.25) is 0 Å². The molecule has 1 nitrogen and oxygen atoms in total. The van der Waals surface area contributed by atoms with E-state index in [1.54, 1.807) is 0 Å². The molecule has 296 valence electrons. The zero-order valence-electron chi connectivity index (χ0n) is 20.7. The topological polar surface area (TPSA) is 9.23 Å². The lowest BCUT2D eigenvalue weighted by Crippen LogP contribution is -2.83. The number of ether oxygens (including phenoxy) is 1. The average Bonchev–Trinajstić information content (AvgIpc) is 2.83. The van der Waals surface area contributed by atoms with E-state index in [2.05, 4.69) is 0 Å². The first-order valence-corrected chi connectivity index (χ1v) is 10.1. The smallest absolute Gasteiger partial charge is 0.292 e. The summed E-state index contributed by atoms with van der Waals surface area (Å²) >= 11 is 0.